The average Bonchev–Trinajstić information content (AvgIpc) is 2.63. The summed E-state index contributed by atoms with van der Waals surface area (Å²) in [5.41, 5.74) is 2.17. The van der Waals surface area contributed by atoms with E-state index in [0.717, 1.165) is 10.5 Å². The normalized spacial score (nSPS) is 17.2. The van der Waals surface area contributed by atoms with Gasteiger partial charge in [0.2, 0.25) is 5.91 Å². The maximum absolute atomic E-state index is 12.6. The van der Waals surface area contributed by atoms with Crippen molar-refractivity contribution in [2.45, 2.75) is 23.1 Å². The van der Waals surface area contributed by atoms with Crippen molar-refractivity contribution in [3.63, 3.8) is 0 Å². The van der Waals surface area contributed by atoms with Crippen LogP contribution >= 0.6 is 23.4 Å². The molecular formula is C20H22ClN3O2S. The van der Waals surface area contributed by atoms with Crippen LogP contribution in [0.15, 0.2) is 47.4 Å². The first kappa shape index (κ1) is 19.7. The summed E-state index contributed by atoms with van der Waals surface area (Å²) in [6.07, 6.45) is 0. The molecule has 2 aromatic rings. The number of carbonyl (C=O) groups is 2. The van der Waals surface area contributed by atoms with Crippen LogP contribution in [0.4, 0.5) is 5.69 Å². The van der Waals surface area contributed by atoms with Crippen molar-refractivity contribution in [1.29, 1.82) is 0 Å². The molecule has 0 aromatic heterocycles. The second-order valence-corrected chi connectivity index (χ2v) is 8.46. The topological polar surface area (TPSA) is 61.4 Å². The Morgan fingerprint density at radius 2 is 2.04 bits per heavy atom. The Labute approximate surface area is 168 Å². The number of thioether (sulfide) groups is 1. The van der Waals surface area contributed by atoms with Crippen LogP contribution in [-0.2, 0) is 4.79 Å². The molecular weight excluding hydrogens is 382 g/mol. The number of nitrogens with zero attached hydrogens (tertiary/aromatic N) is 1. The molecule has 142 valence electrons. The van der Waals surface area contributed by atoms with Gasteiger partial charge >= 0.3 is 0 Å². The van der Waals surface area contributed by atoms with E-state index in [0.29, 0.717) is 22.8 Å². The maximum atomic E-state index is 12.6. The van der Waals surface area contributed by atoms with Gasteiger partial charge in [0.15, 0.2) is 0 Å². The minimum absolute atomic E-state index is 0.0450. The Morgan fingerprint density at radius 1 is 1.30 bits per heavy atom. The van der Waals surface area contributed by atoms with Gasteiger partial charge in [-0.15, -0.1) is 11.8 Å². The largest absolute Gasteiger partial charge is 0.350 e. The van der Waals surface area contributed by atoms with Crippen molar-refractivity contribution in [1.82, 2.24) is 10.2 Å². The Kier molecular flexibility index (Phi) is 6.09. The molecule has 2 unspecified atom stereocenters. The number of rotatable bonds is 5. The van der Waals surface area contributed by atoms with Gasteiger partial charge in [-0.2, -0.15) is 0 Å². The van der Waals surface area contributed by atoms with E-state index in [-0.39, 0.29) is 23.1 Å². The van der Waals surface area contributed by atoms with Crippen molar-refractivity contribution in [3.8, 4) is 0 Å². The van der Waals surface area contributed by atoms with E-state index in [9.17, 15) is 9.59 Å². The first-order valence-corrected chi connectivity index (χ1v) is 9.93. The molecule has 2 N–H and O–H groups in total. The molecule has 0 bridgehead atoms. The van der Waals surface area contributed by atoms with E-state index in [1.165, 1.54) is 11.8 Å². The summed E-state index contributed by atoms with van der Waals surface area (Å²) in [6, 6.07) is 13.0. The molecule has 1 aliphatic heterocycles. The highest BCUT2D eigenvalue weighted by Gasteiger charge is 2.24. The summed E-state index contributed by atoms with van der Waals surface area (Å²) < 4.78 is 0. The van der Waals surface area contributed by atoms with Crippen LogP contribution in [0.3, 0.4) is 0 Å². The summed E-state index contributed by atoms with van der Waals surface area (Å²) in [5, 5.41) is 6.37. The molecule has 0 aliphatic carbocycles. The van der Waals surface area contributed by atoms with Crippen LogP contribution in [0.5, 0.6) is 0 Å². The van der Waals surface area contributed by atoms with Crippen LogP contribution in [0.1, 0.15) is 28.9 Å². The van der Waals surface area contributed by atoms with E-state index >= 15 is 0 Å². The quantitative estimate of drug-likeness (QED) is 0.797. The number of nitrogens with one attached hydrogen (secondary N) is 2. The smallest absolute Gasteiger partial charge is 0.251 e. The number of halogens is 1. The molecule has 2 amide bonds. The molecule has 0 radical (unpaired) electrons. The summed E-state index contributed by atoms with van der Waals surface area (Å²) in [7, 11) is 3.90. The van der Waals surface area contributed by atoms with E-state index in [2.05, 4.69) is 10.6 Å². The predicted octanol–water partition coefficient (Wildman–Crippen LogP) is 3.81. The van der Waals surface area contributed by atoms with Crippen LogP contribution in [0, 0.1) is 0 Å². The second-order valence-electron chi connectivity index (χ2n) is 6.67. The standard InChI is InChI=1S/C20H22ClN3O2S/c1-12-19(25)23-16-10-13(8-9-18(16)27-12)20(26)22-11-17(24(2)3)14-6-4-5-7-15(14)21/h4-10,12,17H,11H2,1-3H3,(H,22,26)(H,23,25). The number of fused-ring (bicyclic) bond motifs is 1. The molecule has 2 atom stereocenters. The molecule has 3 rings (SSSR count). The van der Waals surface area contributed by atoms with Gasteiger partial charge in [0.05, 0.1) is 17.0 Å². The summed E-state index contributed by atoms with van der Waals surface area (Å²) in [5.74, 6) is -0.231. The third kappa shape index (κ3) is 4.46. The highest BCUT2D eigenvalue weighted by molar-refractivity contribution is 8.00. The molecule has 0 spiro atoms. The first-order chi connectivity index (χ1) is 12.9. The van der Waals surface area contributed by atoms with E-state index in [1.807, 2.05) is 56.3 Å². The third-order valence-corrected chi connectivity index (χ3v) is 6.04. The molecule has 0 fully saturated rings. The molecule has 1 heterocycles. The minimum atomic E-state index is -0.186. The van der Waals surface area contributed by atoms with Crippen LogP contribution in [0.25, 0.3) is 0 Å². The molecule has 1 aliphatic rings. The Bertz CT molecular complexity index is 872. The molecule has 0 saturated carbocycles. The van der Waals surface area contributed by atoms with Crippen molar-refractivity contribution in [2.24, 2.45) is 0 Å². The fourth-order valence-corrected chi connectivity index (χ4v) is 4.15. The molecule has 2 aromatic carbocycles. The number of hydrogen-bond acceptors (Lipinski definition) is 4. The molecule has 5 nitrogen and oxygen atoms in total. The van der Waals surface area contributed by atoms with Gasteiger partial charge in [0.1, 0.15) is 0 Å². The van der Waals surface area contributed by atoms with Crippen molar-refractivity contribution in [3.05, 3.63) is 58.6 Å². The Morgan fingerprint density at radius 3 is 2.74 bits per heavy atom. The number of likely N-dealkylation sites (N-methyl/N-ethyl adjacent to an activating group) is 1. The minimum Gasteiger partial charge on any atom is -0.350 e. The van der Waals surface area contributed by atoms with Gasteiger partial charge in [0.25, 0.3) is 5.91 Å². The predicted molar refractivity (Wildman–Crippen MR) is 111 cm³/mol. The first-order valence-electron chi connectivity index (χ1n) is 8.67. The number of hydrogen-bond donors (Lipinski definition) is 2. The number of carbonyl (C=O) groups excluding carboxylic acids is 2. The van der Waals surface area contributed by atoms with Gasteiger partial charge in [0, 0.05) is 22.0 Å². The fraction of sp³-hybridized carbons (Fsp3) is 0.300. The molecule has 0 saturated heterocycles. The molecule has 27 heavy (non-hydrogen) atoms. The highest BCUT2D eigenvalue weighted by Crippen LogP contribution is 2.36. The van der Waals surface area contributed by atoms with Crippen LogP contribution in [-0.4, -0.2) is 42.6 Å². The van der Waals surface area contributed by atoms with Crippen LogP contribution < -0.4 is 10.6 Å². The maximum Gasteiger partial charge on any atom is 0.251 e. The molecule has 7 heteroatoms. The summed E-state index contributed by atoms with van der Waals surface area (Å²) in [4.78, 5) is 27.5. The van der Waals surface area contributed by atoms with E-state index in [4.69, 9.17) is 11.6 Å². The number of amides is 2. The fourth-order valence-electron chi connectivity index (χ4n) is 2.96. The van der Waals surface area contributed by atoms with Gasteiger partial charge in [-0.3, -0.25) is 9.59 Å². The van der Waals surface area contributed by atoms with Gasteiger partial charge in [-0.25, -0.2) is 0 Å². The van der Waals surface area contributed by atoms with Gasteiger partial charge in [-0.1, -0.05) is 29.8 Å². The lowest BCUT2D eigenvalue weighted by molar-refractivity contribution is -0.115. The Hall–Kier alpha value is -2.02. The van der Waals surface area contributed by atoms with Crippen LogP contribution in [0.2, 0.25) is 5.02 Å². The Balaban J connectivity index is 1.73. The monoisotopic (exact) mass is 403 g/mol. The highest BCUT2D eigenvalue weighted by atomic mass is 35.5. The number of benzene rings is 2. The SMILES string of the molecule is CC1Sc2ccc(C(=O)NCC(c3ccccc3Cl)N(C)C)cc2NC1=O. The zero-order valence-corrected chi connectivity index (χ0v) is 17.0. The van der Waals surface area contributed by atoms with E-state index in [1.54, 1.807) is 12.1 Å². The lowest BCUT2D eigenvalue weighted by Gasteiger charge is -2.26. The van der Waals surface area contributed by atoms with Crippen molar-refractivity contribution < 1.29 is 9.59 Å². The second kappa shape index (κ2) is 8.33. The van der Waals surface area contributed by atoms with Gasteiger partial charge in [-0.05, 0) is 50.8 Å². The van der Waals surface area contributed by atoms with E-state index < -0.39 is 0 Å². The van der Waals surface area contributed by atoms with Crippen molar-refractivity contribution >= 4 is 40.9 Å². The summed E-state index contributed by atoms with van der Waals surface area (Å²) >= 11 is 7.81. The van der Waals surface area contributed by atoms with Gasteiger partial charge < -0.3 is 15.5 Å². The summed E-state index contributed by atoms with van der Waals surface area (Å²) in [6.45, 7) is 2.28. The zero-order valence-electron chi connectivity index (χ0n) is 15.5. The third-order valence-electron chi connectivity index (χ3n) is 4.52. The lowest BCUT2D eigenvalue weighted by Crippen LogP contribution is -2.35. The average molecular weight is 404 g/mol. The zero-order chi connectivity index (χ0) is 19.6. The lowest BCUT2D eigenvalue weighted by atomic mass is 10.1. The van der Waals surface area contributed by atoms with Crippen molar-refractivity contribution in [2.75, 3.05) is 26.0 Å². The number of anilines is 1.